The van der Waals surface area contributed by atoms with Crippen LogP contribution in [0, 0.1) is 11.3 Å². The molecule has 0 saturated carbocycles. The molecule has 3 aromatic heterocycles. The Hall–Kier alpha value is -4.80. The number of aryl methyl sites for hydroxylation is 1. The number of carbonyl (C=O) groups is 1. The number of urea groups is 1. The van der Waals surface area contributed by atoms with Crippen LogP contribution in [-0.2, 0) is 16.0 Å². The minimum Gasteiger partial charge on any atom is -0.378 e. The van der Waals surface area contributed by atoms with Gasteiger partial charge in [-0.2, -0.15) is 10.4 Å². The smallest absolute Gasteiger partial charge is 0.323 e. The first kappa shape index (κ1) is 27.1. The number of hydrogen-bond acceptors (Lipinski definition) is 10. The molecule has 1 aromatic carbocycles. The Labute approximate surface area is 248 Å². The van der Waals surface area contributed by atoms with E-state index in [4.69, 9.17) is 24.7 Å². The molecule has 2 N–H and O–H groups in total. The monoisotopic (exact) mass is 580 g/mol. The van der Waals surface area contributed by atoms with E-state index in [1.54, 1.807) is 17.1 Å². The molecule has 4 aromatic rings. The summed E-state index contributed by atoms with van der Waals surface area (Å²) in [5.74, 6) is 2.25. The number of amides is 2. The zero-order chi connectivity index (χ0) is 29.2. The van der Waals surface area contributed by atoms with Gasteiger partial charge in [0.05, 0.1) is 67.9 Å². The molecule has 3 saturated heterocycles. The van der Waals surface area contributed by atoms with Gasteiger partial charge in [0.2, 0.25) is 0 Å². The van der Waals surface area contributed by atoms with Gasteiger partial charge in [0.1, 0.15) is 11.6 Å². The minimum atomic E-state index is -0.364. The summed E-state index contributed by atoms with van der Waals surface area (Å²) in [4.78, 5) is 31.5. The van der Waals surface area contributed by atoms with Crippen molar-refractivity contribution in [1.82, 2.24) is 24.7 Å². The van der Waals surface area contributed by atoms with Crippen LogP contribution in [0.4, 0.5) is 27.8 Å². The predicted octanol–water partition coefficient (Wildman–Crippen LogP) is 3.65. The van der Waals surface area contributed by atoms with Crippen molar-refractivity contribution in [2.24, 2.45) is 0 Å². The van der Waals surface area contributed by atoms with Gasteiger partial charge in [0.15, 0.2) is 11.5 Å². The van der Waals surface area contributed by atoms with E-state index in [0.29, 0.717) is 49.0 Å². The van der Waals surface area contributed by atoms with Crippen molar-refractivity contribution >= 4 is 40.1 Å². The molecular formula is C30H32N10O3. The highest BCUT2D eigenvalue weighted by molar-refractivity contribution is 5.99. The first-order valence-corrected chi connectivity index (χ1v) is 14.6. The summed E-state index contributed by atoms with van der Waals surface area (Å²) in [7, 11) is 0. The Morgan fingerprint density at radius 3 is 2.42 bits per heavy atom. The first-order valence-electron chi connectivity index (χ1n) is 14.6. The molecule has 3 aliphatic rings. The molecule has 13 nitrogen and oxygen atoms in total. The summed E-state index contributed by atoms with van der Waals surface area (Å²) in [6, 6.07) is 13.0. The third-order valence-electron chi connectivity index (χ3n) is 8.00. The second kappa shape index (κ2) is 11.8. The number of fused-ring (bicyclic) bond motifs is 3. The van der Waals surface area contributed by atoms with E-state index in [0.717, 1.165) is 61.6 Å². The van der Waals surface area contributed by atoms with Gasteiger partial charge >= 0.3 is 6.03 Å². The van der Waals surface area contributed by atoms with Gasteiger partial charge in [0.25, 0.3) is 0 Å². The third kappa shape index (κ3) is 5.79. The van der Waals surface area contributed by atoms with Crippen LogP contribution < -0.4 is 20.4 Å². The van der Waals surface area contributed by atoms with Gasteiger partial charge in [0, 0.05) is 37.4 Å². The summed E-state index contributed by atoms with van der Waals surface area (Å²) >= 11 is 0. The summed E-state index contributed by atoms with van der Waals surface area (Å²) in [6.07, 6.45) is 6.31. The van der Waals surface area contributed by atoms with E-state index in [9.17, 15) is 4.79 Å². The average Bonchev–Trinajstić information content (AvgIpc) is 3.61. The summed E-state index contributed by atoms with van der Waals surface area (Å²) < 4.78 is 13.2. The van der Waals surface area contributed by atoms with Crippen LogP contribution in [0.15, 0.2) is 48.8 Å². The largest absolute Gasteiger partial charge is 0.378 e. The standard InChI is InChI=1S/C30H32N10O3/c31-10-1-11-40-29-25(17-33-40)28(39-18-23-7-8-24(19-39)43-23)36-27(37-29)20-2-4-21(5-3-20)34-30(41)35-22-6-9-26(32-16-22)38-12-14-42-15-13-38/h2-6,9,16-17,23-24H,1,7-8,11-15,18-19H2,(H2,34,35,41). The molecule has 3 fully saturated rings. The maximum atomic E-state index is 12.7. The Kier molecular flexibility index (Phi) is 7.44. The van der Waals surface area contributed by atoms with Gasteiger partial charge in [-0.15, -0.1) is 0 Å². The van der Waals surface area contributed by atoms with Crippen molar-refractivity contribution in [3.05, 3.63) is 48.8 Å². The second-order valence-corrected chi connectivity index (χ2v) is 10.9. The fraction of sp³-hybridized carbons (Fsp3) is 0.400. The fourth-order valence-electron chi connectivity index (χ4n) is 5.85. The van der Waals surface area contributed by atoms with E-state index in [1.165, 1.54) is 0 Å². The molecule has 2 amide bonds. The van der Waals surface area contributed by atoms with E-state index < -0.39 is 0 Å². The highest BCUT2D eigenvalue weighted by atomic mass is 16.5. The molecule has 7 rings (SSSR count). The number of hydrogen-bond donors (Lipinski definition) is 2. The van der Waals surface area contributed by atoms with Crippen molar-refractivity contribution in [2.45, 2.75) is 38.0 Å². The number of nitriles is 1. The van der Waals surface area contributed by atoms with Crippen LogP contribution in [0.1, 0.15) is 19.3 Å². The molecule has 13 heteroatoms. The highest BCUT2D eigenvalue weighted by Crippen LogP contribution is 2.34. The Balaban J connectivity index is 1.08. The van der Waals surface area contributed by atoms with Gasteiger partial charge in [-0.3, -0.25) is 0 Å². The van der Waals surface area contributed by atoms with Crippen molar-refractivity contribution in [1.29, 1.82) is 5.26 Å². The predicted molar refractivity (Wildman–Crippen MR) is 161 cm³/mol. The van der Waals surface area contributed by atoms with E-state index in [2.05, 4.69) is 36.6 Å². The number of nitrogens with one attached hydrogen (secondary N) is 2. The van der Waals surface area contributed by atoms with Crippen LogP contribution in [0.25, 0.3) is 22.4 Å². The first-order chi connectivity index (χ1) is 21.1. The van der Waals surface area contributed by atoms with Crippen LogP contribution >= 0.6 is 0 Å². The highest BCUT2D eigenvalue weighted by Gasteiger charge is 2.35. The molecule has 2 unspecified atom stereocenters. The molecule has 2 bridgehead atoms. The number of nitrogens with zero attached hydrogens (tertiary/aromatic N) is 8. The Bertz CT molecular complexity index is 1630. The third-order valence-corrected chi connectivity index (χ3v) is 8.00. The van der Waals surface area contributed by atoms with Gasteiger partial charge in [-0.25, -0.2) is 24.4 Å². The van der Waals surface area contributed by atoms with Crippen LogP contribution in [0.2, 0.25) is 0 Å². The number of morpholine rings is 2. The van der Waals surface area contributed by atoms with E-state index in [-0.39, 0.29) is 18.2 Å². The fourth-order valence-corrected chi connectivity index (χ4v) is 5.85. The molecule has 0 spiro atoms. The minimum absolute atomic E-state index is 0.204. The van der Waals surface area contributed by atoms with Crippen molar-refractivity contribution in [3.8, 4) is 17.5 Å². The molecule has 220 valence electrons. The second-order valence-electron chi connectivity index (χ2n) is 10.9. The van der Waals surface area contributed by atoms with Crippen LogP contribution in [-0.4, -0.2) is 82.4 Å². The number of anilines is 4. The van der Waals surface area contributed by atoms with Crippen LogP contribution in [0.3, 0.4) is 0 Å². The maximum absolute atomic E-state index is 12.7. The van der Waals surface area contributed by atoms with E-state index >= 15 is 0 Å². The Morgan fingerprint density at radius 1 is 0.953 bits per heavy atom. The lowest BCUT2D eigenvalue weighted by Gasteiger charge is -2.33. The lowest BCUT2D eigenvalue weighted by Crippen LogP contribution is -2.43. The molecule has 6 heterocycles. The normalized spacial score (nSPS) is 19.8. The van der Waals surface area contributed by atoms with Gasteiger partial charge in [-0.1, -0.05) is 0 Å². The van der Waals surface area contributed by atoms with Gasteiger partial charge in [-0.05, 0) is 49.2 Å². The quantitative estimate of drug-likeness (QED) is 0.332. The maximum Gasteiger partial charge on any atom is 0.323 e. The summed E-state index contributed by atoms with van der Waals surface area (Å²) in [6.45, 7) is 4.97. The number of benzene rings is 1. The Morgan fingerprint density at radius 2 is 1.70 bits per heavy atom. The van der Waals surface area contributed by atoms with Crippen molar-refractivity contribution < 1.29 is 14.3 Å². The molecule has 3 aliphatic heterocycles. The number of pyridine rings is 1. The van der Waals surface area contributed by atoms with Crippen molar-refractivity contribution in [2.75, 3.05) is 59.8 Å². The van der Waals surface area contributed by atoms with Gasteiger partial charge < -0.3 is 29.9 Å². The molecule has 43 heavy (non-hydrogen) atoms. The number of aromatic nitrogens is 5. The van der Waals surface area contributed by atoms with E-state index in [1.807, 2.05) is 36.4 Å². The van der Waals surface area contributed by atoms with Crippen molar-refractivity contribution in [3.63, 3.8) is 0 Å². The number of ether oxygens (including phenoxy) is 2. The lowest BCUT2D eigenvalue weighted by molar-refractivity contribution is 0.0303. The van der Waals surface area contributed by atoms with Crippen LogP contribution in [0.5, 0.6) is 0 Å². The summed E-state index contributed by atoms with van der Waals surface area (Å²) in [5, 5.41) is 20.2. The summed E-state index contributed by atoms with van der Waals surface area (Å²) in [5.41, 5.74) is 2.74. The zero-order valence-electron chi connectivity index (χ0n) is 23.6. The molecule has 0 aliphatic carbocycles. The zero-order valence-corrected chi connectivity index (χ0v) is 23.6. The molecule has 0 radical (unpaired) electrons. The average molecular weight is 581 g/mol. The number of carbonyl (C=O) groups excluding carboxylic acids is 1. The topological polar surface area (TPSA) is 146 Å². The molecular weight excluding hydrogens is 548 g/mol. The number of rotatable bonds is 7. The molecule has 2 atom stereocenters. The SMILES string of the molecule is N#CCCn1ncc2c(N3CC4CCC(C3)O4)nc(-c3ccc(NC(=O)Nc4ccc(N5CCOCC5)nc4)cc3)nc21. The lowest BCUT2D eigenvalue weighted by atomic mass is 10.2.